The summed E-state index contributed by atoms with van der Waals surface area (Å²) >= 11 is 6.00. The zero-order valence-corrected chi connectivity index (χ0v) is 21.3. The van der Waals surface area contributed by atoms with Gasteiger partial charge in [-0.3, -0.25) is 19.0 Å². The largest absolute Gasteiger partial charge is 0.497 e. The molecule has 10 nitrogen and oxygen atoms in total. The van der Waals surface area contributed by atoms with Gasteiger partial charge in [0, 0.05) is 18.1 Å². The van der Waals surface area contributed by atoms with Crippen LogP contribution < -0.4 is 16.0 Å². The molecule has 1 aliphatic rings. The summed E-state index contributed by atoms with van der Waals surface area (Å²) in [5, 5.41) is 4.64. The maximum absolute atomic E-state index is 13.5. The van der Waals surface area contributed by atoms with Gasteiger partial charge in [-0.2, -0.15) is 9.78 Å². The van der Waals surface area contributed by atoms with Gasteiger partial charge in [0.1, 0.15) is 5.75 Å². The second kappa shape index (κ2) is 11.4. The molecule has 11 heteroatoms. The molecule has 0 N–H and O–H groups in total. The fraction of sp³-hybridized carbons (Fsp3) is 0.346. The van der Waals surface area contributed by atoms with E-state index in [9.17, 15) is 19.2 Å². The van der Waals surface area contributed by atoms with Gasteiger partial charge in [0.05, 0.1) is 31.9 Å². The number of esters is 1. The monoisotopic (exact) mass is 526 g/mol. The molecule has 1 aromatic heterocycles. The van der Waals surface area contributed by atoms with Crippen molar-refractivity contribution in [2.75, 3.05) is 26.8 Å². The third kappa shape index (κ3) is 5.75. The number of methoxy groups -OCH3 is 1. The van der Waals surface area contributed by atoms with Crippen molar-refractivity contribution in [3.05, 3.63) is 85.6 Å². The van der Waals surface area contributed by atoms with E-state index in [1.807, 2.05) is 0 Å². The first-order chi connectivity index (χ1) is 17.8. The Morgan fingerprint density at radius 3 is 2.59 bits per heavy atom. The van der Waals surface area contributed by atoms with Gasteiger partial charge in [-0.1, -0.05) is 23.7 Å². The Balaban J connectivity index is 1.78. The number of aromatic nitrogens is 3. The second-order valence-corrected chi connectivity index (χ2v) is 9.04. The maximum atomic E-state index is 13.5. The fourth-order valence-corrected chi connectivity index (χ4v) is 4.38. The molecule has 37 heavy (non-hydrogen) atoms. The first-order valence-corrected chi connectivity index (χ1v) is 12.3. The predicted molar refractivity (Wildman–Crippen MR) is 136 cm³/mol. The summed E-state index contributed by atoms with van der Waals surface area (Å²) in [5.74, 6) is -0.957. The lowest BCUT2D eigenvalue weighted by Gasteiger charge is -2.31. The van der Waals surface area contributed by atoms with Crippen LogP contribution in [0.25, 0.3) is 5.69 Å². The molecule has 1 atom stereocenters. The average Bonchev–Trinajstić information content (AvgIpc) is 2.92. The first kappa shape index (κ1) is 26.2. The highest BCUT2D eigenvalue weighted by Gasteiger charge is 2.32. The second-order valence-electron chi connectivity index (χ2n) is 8.60. The topological polar surface area (TPSA) is 113 Å². The van der Waals surface area contributed by atoms with Gasteiger partial charge in [0.15, 0.2) is 0 Å². The minimum Gasteiger partial charge on any atom is -0.497 e. The summed E-state index contributed by atoms with van der Waals surface area (Å²) in [6.45, 7) is 2.32. The van der Waals surface area contributed by atoms with E-state index < -0.39 is 28.8 Å². The van der Waals surface area contributed by atoms with Gasteiger partial charge in [0.25, 0.3) is 11.5 Å². The van der Waals surface area contributed by atoms with Crippen molar-refractivity contribution in [2.24, 2.45) is 5.92 Å². The van der Waals surface area contributed by atoms with Crippen LogP contribution in [0.2, 0.25) is 5.02 Å². The molecule has 0 bridgehead atoms. The minimum atomic E-state index is -0.818. The van der Waals surface area contributed by atoms with Crippen molar-refractivity contribution >= 4 is 23.5 Å². The molecule has 1 saturated heterocycles. The number of halogens is 1. The number of rotatable bonds is 7. The van der Waals surface area contributed by atoms with Crippen LogP contribution in [0.5, 0.6) is 5.75 Å². The van der Waals surface area contributed by atoms with E-state index in [0.29, 0.717) is 41.4 Å². The number of hydrogen-bond donors (Lipinski definition) is 0. The Morgan fingerprint density at radius 2 is 1.89 bits per heavy atom. The van der Waals surface area contributed by atoms with E-state index in [-0.39, 0.29) is 25.7 Å². The lowest BCUT2D eigenvalue weighted by atomic mass is 9.98. The minimum absolute atomic E-state index is 0.100. The summed E-state index contributed by atoms with van der Waals surface area (Å²) in [6, 6.07) is 13.2. The van der Waals surface area contributed by atoms with Crippen molar-refractivity contribution in [1.29, 1.82) is 0 Å². The molecule has 2 heterocycles. The van der Waals surface area contributed by atoms with E-state index in [1.165, 1.54) is 12.0 Å². The molecule has 1 amide bonds. The standard InChI is InChI=1S/C26H27ClN4O6/c1-3-37-25(34)18-7-5-13-29(16-18)23(32)22-24(33)30(15-17-6-4-8-21(14-17)36-2)26(35)31(28-22)20-11-9-19(27)10-12-20/h4,6,8-12,14,18H,3,5,7,13,15-16H2,1-2H3/t18-/m1/s1. The average molecular weight is 527 g/mol. The molecule has 0 saturated carbocycles. The van der Waals surface area contributed by atoms with E-state index >= 15 is 0 Å². The molecular formula is C26H27ClN4O6. The number of carbonyl (C=O) groups is 2. The lowest BCUT2D eigenvalue weighted by Crippen LogP contribution is -2.49. The first-order valence-electron chi connectivity index (χ1n) is 11.9. The number of likely N-dealkylation sites (tertiary alicyclic amines) is 1. The summed E-state index contributed by atoms with van der Waals surface area (Å²) in [7, 11) is 1.52. The van der Waals surface area contributed by atoms with Crippen LogP contribution in [0.4, 0.5) is 0 Å². The number of nitrogens with zero attached hydrogens (tertiary/aromatic N) is 4. The van der Waals surface area contributed by atoms with Crippen molar-refractivity contribution in [1.82, 2.24) is 19.2 Å². The quantitative estimate of drug-likeness (QED) is 0.435. The highest BCUT2D eigenvalue weighted by Crippen LogP contribution is 2.19. The summed E-state index contributed by atoms with van der Waals surface area (Å²) in [6.07, 6.45) is 1.16. The number of ether oxygens (including phenoxy) is 2. The molecule has 1 fully saturated rings. The van der Waals surface area contributed by atoms with Gasteiger partial charge in [-0.15, -0.1) is 0 Å². The van der Waals surface area contributed by atoms with E-state index in [1.54, 1.807) is 55.5 Å². The Kier molecular flexibility index (Phi) is 8.08. The van der Waals surface area contributed by atoms with Crippen molar-refractivity contribution < 1.29 is 19.1 Å². The van der Waals surface area contributed by atoms with Gasteiger partial charge in [-0.05, 0) is 61.7 Å². The van der Waals surface area contributed by atoms with Crippen molar-refractivity contribution in [2.45, 2.75) is 26.3 Å². The van der Waals surface area contributed by atoms with Crippen LogP contribution in [0.3, 0.4) is 0 Å². The Hall–Kier alpha value is -3.92. The molecule has 2 aromatic carbocycles. The zero-order valence-electron chi connectivity index (χ0n) is 20.6. The van der Waals surface area contributed by atoms with Crippen molar-refractivity contribution in [3.63, 3.8) is 0 Å². The number of carbonyl (C=O) groups excluding carboxylic acids is 2. The van der Waals surface area contributed by atoms with Crippen LogP contribution in [-0.2, 0) is 16.1 Å². The summed E-state index contributed by atoms with van der Waals surface area (Å²) < 4.78 is 12.4. The molecule has 3 aromatic rings. The molecule has 0 unspecified atom stereocenters. The van der Waals surface area contributed by atoms with Crippen LogP contribution in [-0.4, -0.2) is 57.9 Å². The fourth-order valence-electron chi connectivity index (χ4n) is 4.26. The van der Waals surface area contributed by atoms with Crippen LogP contribution in [0, 0.1) is 5.92 Å². The smallest absolute Gasteiger partial charge is 0.352 e. The molecule has 0 aliphatic carbocycles. The molecule has 194 valence electrons. The number of hydrogen-bond acceptors (Lipinski definition) is 7. The lowest BCUT2D eigenvalue weighted by molar-refractivity contribution is -0.149. The Labute approximate surface area is 218 Å². The predicted octanol–water partition coefficient (Wildman–Crippen LogP) is 2.52. The SMILES string of the molecule is CCOC(=O)[C@@H]1CCCN(C(=O)c2nn(-c3ccc(Cl)cc3)c(=O)n(Cc3cccc(OC)c3)c2=O)C1. The number of piperidine rings is 1. The van der Waals surface area contributed by atoms with Gasteiger partial charge < -0.3 is 14.4 Å². The molecule has 1 aliphatic heterocycles. The van der Waals surface area contributed by atoms with E-state index in [2.05, 4.69) is 5.10 Å². The van der Waals surface area contributed by atoms with Gasteiger partial charge in [-0.25, -0.2) is 4.79 Å². The highest BCUT2D eigenvalue weighted by atomic mass is 35.5. The van der Waals surface area contributed by atoms with Crippen LogP contribution >= 0.6 is 11.6 Å². The third-order valence-corrected chi connectivity index (χ3v) is 6.39. The Morgan fingerprint density at radius 1 is 1.14 bits per heavy atom. The maximum Gasteiger partial charge on any atom is 0.352 e. The number of benzene rings is 2. The molecule has 0 spiro atoms. The molecule has 4 rings (SSSR count). The Bertz CT molecular complexity index is 1420. The summed E-state index contributed by atoms with van der Waals surface area (Å²) in [4.78, 5) is 54.1. The van der Waals surface area contributed by atoms with E-state index in [0.717, 1.165) is 9.25 Å². The third-order valence-electron chi connectivity index (χ3n) is 6.14. The number of amides is 1. The highest BCUT2D eigenvalue weighted by molar-refractivity contribution is 6.30. The van der Waals surface area contributed by atoms with Gasteiger partial charge in [0.2, 0.25) is 5.69 Å². The van der Waals surface area contributed by atoms with Crippen molar-refractivity contribution in [3.8, 4) is 11.4 Å². The van der Waals surface area contributed by atoms with E-state index in [4.69, 9.17) is 21.1 Å². The van der Waals surface area contributed by atoms with Crippen LogP contribution in [0.1, 0.15) is 35.8 Å². The summed E-state index contributed by atoms with van der Waals surface area (Å²) in [5.41, 5.74) is -0.977. The van der Waals surface area contributed by atoms with Gasteiger partial charge >= 0.3 is 11.7 Å². The molecular weight excluding hydrogens is 500 g/mol. The van der Waals surface area contributed by atoms with Crippen LogP contribution in [0.15, 0.2) is 58.1 Å². The molecule has 0 radical (unpaired) electrons. The zero-order chi connectivity index (χ0) is 26.5. The normalized spacial score (nSPS) is 15.3.